The van der Waals surface area contributed by atoms with E-state index in [4.69, 9.17) is 21.3 Å². The van der Waals surface area contributed by atoms with Crippen molar-refractivity contribution < 1.29 is 9.53 Å². The van der Waals surface area contributed by atoms with Gasteiger partial charge in [-0.1, -0.05) is 41.9 Å². The molecular weight excluding hydrogens is 376 g/mol. The Labute approximate surface area is 167 Å². The third-order valence-electron chi connectivity index (χ3n) is 5.14. The fourth-order valence-electron chi connectivity index (χ4n) is 3.63. The number of aliphatic imine (C=N–C) groups is 1. The number of fused-ring (bicyclic) bond motifs is 3. The van der Waals surface area contributed by atoms with Crippen LogP contribution in [-0.4, -0.2) is 35.0 Å². The number of carbonyl (C=O) groups excluding carboxylic acids is 1. The third kappa shape index (κ3) is 2.68. The highest BCUT2D eigenvalue weighted by atomic mass is 35.5. The topological polar surface area (TPSA) is 59.7 Å². The van der Waals surface area contributed by atoms with Crippen LogP contribution in [0.4, 0.5) is 5.69 Å². The smallest absolute Gasteiger partial charge is 0.246 e. The first kappa shape index (κ1) is 17.0. The van der Waals surface area contributed by atoms with Gasteiger partial charge < -0.3 is 14.2 Å². The number of imidazole rings is 1. The number of hydrogen-bond acceptors (Lipinski definition) is 4. The predicted molar refractivity (Wildman–Crippen MR) is 108 cm³/mol. The van der Waals surface area contributed by atoms with E-state index in [0.717, 1.165) is 16.8 Å². The lowest BCUT2D eigenvalue weighted by molar-refractivity contribution is -0.118. The van der Waals surface area contributed by atoms with Gasteiger partial charge in [0.1, 0.15) is 30.7 Å². The maximum absolute atomic E-state index is 12.8. The number of nitrogens with zero attached hydrogens (tertiary/aromatic N) is 4. The van der Waals surface area contributed by atoms with Crippen LogP contribution in [0.5, 0.6) is 0 Å². The van der Waals surface area contributed by atoms with Crippen molar-refractivity contribution in [2.24, 2.45) is 4.99 Å². The van der Waals surface area contributed by atoms with E-state index in [1.54, 1.807) is 30.3 Å². The molecule has 0 fully saturated rings. The molecule has 0 aliphatic carbocycles. The molecule has 0 bridgehead atoms. The molecule has 2 aromatic carbocycles. The van der Waals surface area contributed by atoms with Crippen LogP contribution in [-0.2, 0) is 16.1 Å². The lowest BCUT2D eigenvalue weighted by Crippen LogP contribution is -2.29. The summed E-state index contributed by atoms with van der Waals surface area (Å²) in [6.07, 6.45) is 1.72. The van der Waals surface area contributed by atoms with E-state index in [0.29, 0.717) is 29.0 Å². The van der Waals surface area contributed by atoms with E-state index < -0.39 is 0 Å². The second kappa shape index (κ2) is 6.49. The molecule has 1 atom stereocenters. The summed E-state index contributed by atoms with van der Waals surface area (Å²) >= 11 is 6.15. The molecule has 140 valence electrons. The Kier molecular flexibility index (Phi) is 3.94. The number of hydrogen-bond donors (Lipinski definition) is 0. The molecule has 3 heterocycles. The Morgan fingerprint density at radius 3 is 2.82 bits per heavy atom. The number of likely N-dealkylation sites (N-methyl/N-ethyl adjacent to an activating group) is 1. The minimum absolute atomic E-state index is 0.0558. The van der Waals surface area contributed by atoms with Gasteiger partial charge in [-0.2, -0.15) is 0 Å². The van der Waals surface area contributed by atoms with Crippen molar-refractivity contribution in [2.75, 3.05) is 18.6 Å². The largest absolute Gasteiger partial charge is 0.474 e. The summed E-state index contributed by atoms with van der Waals surface area (Å²) in [4.78, 5) is 23.7. The number of anilines is 1. The summed E-state index contributed by atoms with van der Waals surface area (Å²) in [6.45, 7) is 0.631. The lowest BCUT2D eigenvalue weighted by Gasteiger charge is -2.17. The Morgan fingerprint density at radius 1 is 1.18 bits per heavy atom. The van der Waals surface area contributed by atoms with Crippen molar-refractivity contribution in [3.05, 3.63) is 71.0 Å². The maximum atomic E-state index is 12.8. The molecule has 0 N–H and O–H groups in total. The minimum Gasteiger partial charge on any atom is -0.474 e. The zero-order chi connectivity index (χ0) is 19.3. The second-order valence-corrected chi connectivity index (χ2v) is 7.28. The first-order valence-electron chi connectivity index (χ1n) is 9.00. The number of aromatic nitrogens is 2. The van der Waals surface area contributed by atoms with Crippen molar-refractivity contribution in [1.29, 1.82) is 0 Å². The summed E-state index contributed by atoms with van der Waals surface area (Å²) in [7, 11) is 1.75. The van der Waals surface area contributed by atoms with Crippen molar-refractivity contribution >= 4 is 29.1 Å². The summed E-state index contributed by atoms with van der Waals surface area (Å²) in [5, 5.41) is 0.577. The molecule has 28 heavy (non-hydrogen) atoms. The van der Waals surface area contributed by atoms with Gasteiger partial charge >= 0.3 is 0 Å². The van der Waals surface area contributed by atoms with Gasteiger partial charge in [0.05, 0.1) is 11.9 Å². The molecule has 0 saturated carbocycles. The number of amides is 1. The molecule has 2 aliphatic rings. The van der Waals surface area contributed by atoms with Crippen LogP contribution in [0.25, 0.3) is 11.4 Å². The normalized spacial score (nSPS) is 18.2. The van der Waals surface area contributed by atoms with E-state index >= 15 is 0 Å². The van der Waals surface area contributed by atoms with Crippen LogP contribution in [0.2, 0.25) is 5.02 Å². The molecular formula is C21H17ClN4O2. The fraction of sp³-hybridized carbons (Fsp3) is 0.190. The summed E-state index contributed by atoms with van der Waals surface area (Å²) in [6, 6.07) is 15.5. The molecule has 1 amide bonds. The van der Waals surface area contributed by atoms with Gasteiger partial charge in [-0.15, -0.1) is 0 Å². The third-order valence-corrected chi connectivity index (χ3v) is 5.37. The van der Waals surface area contributed by atoms with Gasteiger partial charge in [-0.3, -0.25) is 4.79 Å². The molecule has 0 radical (unpaired) electrons. The van der Waals surface area contributed by atoms with Gasteiger partial charge in [0.25, 0.3) is 0 Å². The Hall–Kier alpha value is -3.12. The van der Waals surface area contributed by atoms with E-state index in [2.05, 4.69) is 4.98 Å². The lowest BCUT2D eigenvalue weighted by atomic mass is 10.1. The highest BCUT2D eigenvalue weighted by Crippen LogP contribution is 2.36. The standard InChI is InChI=1S/C21H17ClN4O2/c1-25-17-9-14(22)7-8-15(17)20-23-10-18(26(20)11-19(25)27)21-24-16(12-28-21)13-5-3-2-4-6-13/h2-10,16H,11-12H2,1H3/t16-/m0/s1. The summed E-state index contributed by atoms with van der Waals surface area (Å²) < 4.78 is 7.75. The molecule has 6 nitrogen and oxygen atoms in total. The van der Waals surface area contributed by atoms with Crippen LogP contribution in [0, 0.1) is 0 Å². The molecule has 0 unspecified atom stereocenters. The minimum atomic E-state index is -0.0578. The van der Waals surface area contributed by atoms with E-state index in [-0.39, 0.29) is 18.5 Å². The molecule has 3 aromatic rings. The van der Waals surface area contributed by atoms with E-state index in [9.17, 15) is 4.79 Å². The van der Waals surface area contributed by atoms with Gasteiger partial charge in [-0.05, 0) is 23.8 Å². The van der Waals surface area contributed by atoms with Gasteiger partial charge in [0.2, 0.25) is 11.8 Å². The highest BCUT2D eigenvalue weighted by molar-refractivity contribution is 6.31. The van der Waals surface area contributed by atoms with Crippen molar-refractivity contribution in [3.63, 3.8) is 0 Å². The van der Waals surface area contributed by atoms with Crippen molar-refractivity contribution in [3.8, 4) is 11.4 Å². The zero-order valence-corrected chi connectivity index (χ0v) is 15.9. The molecule has 2 aliphatic heterocycles. The first-order valence-corrected chi connectivity index (χ1v) is 9.37. The van der Waals surface area contributed by atoms with Gasteiger partial charge in [0, 0.05) is 17.6 Å². The van der Waals surface area contributed by atoms with Crippen LogP contribution >= 0.6 is 11.6 Å². The molecule has 1 aromatic heterocycles. The van der Waals surface area contributed by atoms with Crippen molar-refractivity contribution in [2.45, 2.75) is 12.6 Å². The monoisotopic (exact) mass is 392 g/mol. The zero-order valence-electron chi connectivity index (χ0n) is 15.2. The van der Waals surface area contributed by atoms with Gasteiger partial charge in [0.15, 0.2) is 0 Å². The number of benzene rings is 2. The van der Waals surface area contributed by atoms with Crippen LogP contribution in [0.1, 0.15) is 17.3 Å². The summed E-state index contributed by atoms with van der Waals surface area (Å²) in [5.41, 5.74) is 3.40. The Morgan fingerprint density at radius 2 is 2.00 bits per heavy atom. The number of ether oxygens (including phenoxy) is 1. The average molecular weight is 393 g/mol. The summed E-state index contributed by atoms with van der Waals surface area (Å²) in [5.74, 6) is 1.16. The average Bonchev–Trinajstić information content (AvgIpc) is 3.33. The van der Waals surface area contributed by atoms with Crippen molar-refractivity contribution in [1.82, 2.24) is 9.55 Å². The SMILES string of the molecule is CN1C(=O)Cn2c(C3=N[C@H](c4ccccc4)CO3)cnc2-c2ccc(Cl)cc21. The van der Waals surface area contributed by atoms with E-state index in [1.165, 1.54) is 0 Å². The van der Waals surface area contributed by atoms with Crippen LogP contribution in [0.15, 0.2) is 59.7 Å². The molecule has 7 heteroatoms. The quantitative estimate of drug-likeness (QED) is 0.668. The molecule has 0 saturated heterocycles. The Balaban J connectivity index is 1.59. The van der Waals surface area contributed by atoms with Crippen LogP contribution in [0.3, 0.4) is 0 Å². The second-order valence-electron chi connectivity index (χ2n) is 6.84. The van der Waals surface area contributed by atoms with E-state index in [1.807, 2.05) is 41.0 Å². The molecule has 5 rings (SSSR count). The predicted octanol–water partition coefficient (Wildman–Crippen LogP) is 3.70. The highest BCUT2D eigenvalue weighted by Gasteiger charge is 2.30. The Bertz CT molecular complexity index is 1110. The maximum Gasteiger partial charge on any atom is 0.246 e. The number of carbonyl (C=O) groups is 1. The molecule has 0 spiro atoms. The van der Waals surface area contributed by atoms with Crippen LogP contribution < -0.4 is 4.90 Å². The number of rotatable bonds is 2. The first-order chi connectivity index (χ1) is 13.6. The van der Waals surface area contributed by atoms with Gasteiger partial charge in [-0.25, -0.2) is 9.98 Å². The number of halogens is 1. The fourth-order valence-corrected chi connectivity index (χ4v) is 3.79.